The third-order valence-corrected chi connectivity index (χ3v) is 3.81. The van der Waals surface area contributed by atoms with Gasteiger partial charge in [0, 0.05) is 12.1 Å². The summed E-state index contributed by atoms with van der Waals surface area (Å²) < 4.78 is 5.15. The van der Waals surface area contributed by atoms with Crippen molar-refractivity contribution in [3.63, 3.8) is 0 Å². The van der Waals surface area contributed by atoms with Crippen LogP contribution in [0.1, 0.15) is 43.5 Å². The number of nitrogens with one attached hydrogen (secondary N) is 1. The Hall–Kier alpha value is -2.86. The SMILES string of the molecule is COc1ccc(C(N)=O)cc1C(=O)NCC(O)c1cc(C)cc(C)c1. The van der Waals surface area contributed by atoms with Gasteiger partial charge in [-0.1, -0.05) is 29.3 Å². The lowest BCUT2D eigenvalue weighted by molar-refractivity contribution is 0.0913. The Balaban J connectivity index is 2.14. The molecule has 1 atom stereocenters. The molecule has 2 amide bonds. The van der Waals surface area contributed by atoms with Crippen molar-refractivity contribution in [3.8, 4) is 5.75 Å². The zero-order valence-corrected chi connectivity index (χ0v) is 14.5. The van der Waals surface area contributed by atoms with Gasteiger partial charge in [0.15, 0.2) is 0 Å². The van der Waals surface area contributed by atoms with Crippen LogP contribution >= 0.6 is 0 Å². The van der Waals surface area contributed by atoms with Crippen molar-refractivity contribution in [1.29, 1.82) is 0 Å². The van der Waals surface area contributed by atoms with Gasteiger partial charge >= 0.3 is 0 Å². The normalized spacial score (nSPS) is 11.7. The number of primary amides is 1. The quantitative estimate of drug-likeness (QED) is 0.746. The van der Waals surface area contributed by atoms with E-state index >= 15 is 0 Å². The number of hydrogen-bond donors (Lipinski definition) is 3. The zero-order chi connectivity index (χ0) is 18.6. The van der Waals surface area contributed by atoms with Crippen LogP contribution in [0.2, 0.25) is 0 Å². The van der Waals surface area contributed by atoms with Gasteiger partial charge in [-0.15, -0.1) is 0 Å². The molecule has 0 saturated heterocycles. The Morgan fingerprint density at radius 2 is 1.80 bits per heavy atom. The van der Waals surface area contributed by atoms with E-state index in [1.54, 1.807) is 0 Å². The molecular formula is C19H22N2O4. The molecule has 0 aliphatic heterocycles. The number of hydrogen-bond acceptors (Lipinski definition) is 4. The maximum atomic E-state index is 12.4. The first-order valence-corrected chi connectivity index (χ1v) is 7.84. The summed E-state index contributed by atoms with van der Waals surface area (Å²) in [5, 5.41) is 13.0. The topological polar surface area (TPSA) is 102 Å². The fraction of sp³-hybridized carbons (Fsp3) is 0.263. The minimum absolute atomic E-state index is 0.0334. The van der Waals surface area contributed by atoms with E-state index in [9.17, 15) is 14.7 Å². The number of benzene rings is 2. The van der Waals surface area contributed by atoms with Crippen LogP contribution < -0.4 is 15.8 Å². The molecule has 6 nitrogen and oxygen atoms in total. The molecular weight excluding hydrogens is 320 g/mol. The molecule has 0 aromatic heterocycles. The Kier molecular flexibility index (Phi) is 5.77. The van der Waals surface area contributed by atoms with Crippen LogP contribution in [0.4, 0.5) is 0 Å². The van der Waals surface area contributed by atoms with Gasteiger partial charge in [-0.2, -0.15) is 0 Å². The number of nitrogens with two attached hydrogens (primary N) is 1. The largest absolute Gasteiger partial charge is 0.496 e. The minimum Gasteiger partial charge on any atom is -0.496 e. The maximum Gasteiger partial charge on any atom is 0.255 e. The molecule has 0 fully saturated rings. The van der Waals surface area contributed by atoms with Gasteiger partial charge in [0.25, 0.3) is 5.91 Å². The number of aliphatic hydroxyl groups is 1. The van der Waals surface area contributed by atoms with Crippen LogP contribution in [0.15, 0.2) is 36.4 Å². The van der Waals surface area contributed by atoms with Gasteiger partial charge in [0.2, 0.25) is 5.91 Å². The summed E-state index contributed by atoms with van der Waals surface area (Å²) in [4.78, 5) is 23.7. The molecule has 0 aliphatic rings. The molecule has 0 bridgehead atoms. The number of methoxy groups -OCH3 is 1. The lowest BCUT2D eigenvalue weighted by Crippen LogP contribution is -2.29. The zero-order valence-electron chi connectivity index (χ0n) is 14.5. The van der Waals surface area contributed by atoms with Gasteiger partial charge in [-0.3, -0.25) is 9.59 Å². The Bertz CT molecular complexity index is 782. The van der Waals surface area contributed by atoms with Crippen molar-refractivity contribution >= 4 is 11.8 Å². The number of aryl methyl sites for hydroxylation is 2. The molecule has 2 aromatic rings. The second-order valence-electron chi connectivity index (χ2n) is 5.93. The second-order valence-corrected chi connectivity index (χ2v) is 5.93. The van der Waals surface area contributed by atoms with Gasteiger partial charge in [0.1, 0.15) is 5.75 Å². The minimum atomic E-state index is -0.840. The van der Waals surface area contributed by atoms with Gasteiger partial charge in [-0.25, -0.2) is 0 Å². The van der Waals surface area contributed by atoms with Crippen molar-refractivity contribution in [2.75, 3.05) is 13.7 Å². The molecule has 6 heteroatoms. The van der Waals surface area contributed by atoms with Crippen LogP contribution in [0.3, 0.4) is 0 Å². The molecule has 132 valence electrons. The number of amides is 2. The molecule has 0 heterocycles. The van der Waals surface area contributed by atoms with Crippen molar-refractivity contribution in [2.45, 2.75) is 20.0 Å². The number of carbonyl (C=O) groups is 2. The number of ether oxygens (including phenoxy) is 1. The highest BCUT2D eigenvalue weighted by atomic mass is 16.5. The number of rotatable bonds is 6. The molecule has 4 N–H and O–H groups in total. The summed E-state index contributed by atoms with van der Waals surface area (Å²) in [6, 6.07) is 10.1. The van der Waals surface area contributed by atoms with Crippen molar-refractivity contribution in [1.82, 2.24) is 5.32 Å². The van der Waals surface area contributed by atoms with Gasteiger partial charge in [0.05, 0.1) is 18.8 Å². The molecule has 2 aromatic carbocycles. The molecule has 25 heavy (non-hydrogen) atoms. The Morgan fingerprint density at radius 3 is 2.36 bits per heavy atom. The summed E-state index contributed by atoms with van der Waals surface area (Å²) >= 11 is 0. The predicted molar refractivity (Wildman–Crippen MR) is 94.7 cm³/mol. The average molecular weight is 342 g/mol. The summed E-state index contributed by atoms with van der Waals surface area (Å²) in [5.41, 5.74) is 8.45. The van der Waals surface area contributed by atoms with Crippen LogP contribution in [0.5, 0.6) is 5.75 Å². The molecule has 2 rings (SSSR count). The fourth-order valence-electron chi connectivity index (χ4n) is 2.64. The molecule has 0 radical (unpaired) electrons. The van der Waals surface area contributed by atoms with E-state index in [1.165, 1.54) is 25.3 Å². The molecule has 0 aliphatic carbocycles. The lowest BCUT2D eigenvalue weighted by atomic mass is 10.0. The summed E-state index contributed by atoms with van der Waals surface area (Å²) in [6.45, 7) is 3.93. The molecule has 0 saturated carbocycles. The second kappa shape index (κ2) is 7.81. The number of aliphatic hydroxyl groups excluding tert-OH is 1. The van der Waals surface area contributed by atoms with Crippen LogP contribution in [0.25, 0.3) is 0 Å². The highest BCUT2D eigenvalue weighted by molar-refractivity contribution is 6.01. The third kappa shape index (κ3) is 4.58. The highest BCUT2D eigenvalue weighted by Crippen LogP contribution is 2.21. The summed E-state index contributed by atoms with van der Waals surface area (Å²) in [5.74, 6) is -0.765. The first-order valence-electron chi connectivity index (χ1n) is 7.84. The van der Waals surface area contributed by atoms with Crippen LogP contribution in [-0.4, -0.2) is 30.6 Å². The predicted octanol–water partition coefficient (Wildman–Crippen LogP) is 1.87. The van der Waals surface area contributed by atoms with Crippen molar-refractivity contribution < 1.29 is 19.4 Å². The highest BCUT2D eigenvalue weighted by Gasteiger charge is 2.17. The monoisotopic (exact) mass is 342 g/mol. The van der Waals surface area contributed by atoms with E-state index in [-0.39, 0.29) is 17.7 Å². The van der Waals surface area contributed by atoms with Crippen LogP contribution in [-0.2, 0) is 0 Å². The van der Waals surface area contributed by atoms with Crippen LogP contribution in [0, 0.1) is 13.8 Å². The van der Waals surface area contributed by atoms with E-state index in [4.69, 9.17) is 10.5 Å². The van der Waals surface area contributed by atoms with E-state index in [0.717, 1.165) is 16.7 Å². The van der Waals surface area contributed by atoms with Gasteiger partial charge in [-0.05, 0) is 37.6 Å². The van der Waals surface area contributed by atoms with Gasteiger partial charge < -0.3 is 20.9 Å². The lowest BCUT2D eigenvalue weighted by Gasteiger charge is -2.15. The summed E-state index contributed by atoms with van der Waals surface area (Å²) in [6.07, 6.45) is -0.840. The molecule has 1 unspecified atom stereocenters. The number of carbonyl (C=O) groups excluding carboxylic acids is 2. The molecule has 0 spiro atoms. The van der Waals surface area contributed by atoms with E-state index in [0.29, 0.717) is 5.75 Å². The standard InChI is InChI=1S/C19H22N2O4/c1-11-6-12(2)8-14(7-11)16(22)10-21-19(24)15-9-13(18(20)23)4-5-17(15)25-3/h4-9,16,22H,10H2,1-3H3,(H2,20,23)(H,21,24). The summed E-state index contributed by atoms with van der Waals surface area (Å²) in [7, 11) is 1.43. The van der Waals surface area contributed by atoms with Crippen molar-refractivity contribution in [2.24, 2.45) is 5.73 Å². The first kappa shape index (κ1) is 18.5. The van der Waals surface area contributed by atoms with Crippen molar-refractivity contribution in [3.05, 3.63) is 64.2 Å². The Morgan fingerprint density at radius 1 is 1.16 bits per heavy atom. The average Bonchev–Trinajstić information content (AvgIpc) is 2.57. The van der Waals surface area contributed by atoms with E-state index in [2.05, 4.69) is 5.32 Å². The Labute approximate surface area is 146 Å². The maximum absolute atomic E-state index is 12.4. The van der Waals surface area contributed by atoms with E-state index in [1.807, 2.05) is 32.0 Å². The first-order chi connectivity index (χ1) is 11.8. The smallest absolute Gasteiger partial charge is 0.255 e. The van der Waals surface area contributed by atoms with E-state index < -0.39 is 17.9 Å². The third-order valence-electron chi connectivity index (χ3n) is 3.81. The fourth-order valence-corrected chi connectivity index (χ4v) is 2.64.